The molecule has 1 amide bonds. The molecule has 1 aromatic carbocycles. The van der Waals surface area contributed by atoms with Gasteiger partial charge in [-0.1, -0.05) is 18.2 Å². The number of hydrogen-bond acceptors (Lipinski definition) is 2. The van der Waals surface area contributed by atoms with Gasteiger partial charge in [0, 0.05) is 23.6 Å². The van der Waals surface area contributed by atoms with Gasteiger partial charge in [0.05, 0.1) is 0 Å². The third kappa shape index (κ3) is 3.60. The number of carbonyl (C=O) groups excluding carboxylic acids is 1. The molecule has 1 aromatic rings. The highest BCUT2D eigenvalue weighted by atomic mass is 19.4. The van der Waals surface area contributed by atoms with Crippen molar-refractivity contribution in [3.8, 4) is 0 Å². The van der Waals surface area contributed by atoms with E-state index in [4.69, 9.17) is 5.73 Å². The monoisotopic (exact) mass is 452 g/mol. The Hall–Kier alpha value is -1.84. The highest BCUT2D eigenvalue weighted by molar-refractivity contribution is 5.80. The number of halogens is 7. The molecule has 0 aromatic heterocycles. The van der Waals surface area contributed by atoms with Crippen molar-refractivity contribution in [1.29, 1.82) is 0 Å². The minimum atomic E-state index is -6.13. The van der Waals surface area contributed by atoms with Crippen molar-refractivity contribution >= 4 is 5.91 Å². The first-order valence-electron chi connectivity index (χ1n) is 10.3. The molecular formula is C21H23F7N2O. The first kappa shape index (κ1) is 22.4. The summed E-state index contributed by atoms with van der Waals surface area (Å²) < 4.78 is 92.9. The first-order valence-corrected chi connectivity index (χ1v) is 10.3. The first-order chi connectivity index (χ1) is 14.3. The molecule has 3 N–H and O–H groups in total. The van der Waals surface area contributed by atoms with E-state index in [1.54, 1.807) is 0 Å². The van der Waals surface area contributed by atoms with Crippen LogP contribution in [0.1, 0.15) is 54.7 Å². The van der Waals surface area contributed by atoms with Gasteiger partial charge in [-0.2, -0.15) is 26.3 Å². The topological polar surface area (TPSA) is 55.1 Å². The molecule has 3 nitrogen and oxygen atoms in total. The van der Waals surface area contributed by atoms with Crippen LogP contribution in [0.4, 0.5) is 30.7 Å². The largest absolute Gasteiger partial charge is 0.435 e. The quantitative estimate of drug-likeness (QED) is 0.657. The molecule has 3 aliphatic carbocycles. The molecule has 2 saturated carbocycles. The van der Waals surface area contributed by atoms with Crippen molar-refractivity contribution in [1.82, 2.24) is 5.32 Å². The fourth-order valence-corrected chi connectivity index (χ4v) is 5.48. The van der Waals surface area contributed by atoms with Crippen LogP contribution in [0.2, 0.25) is 0 Å². The maximum absolute atomic E-state index is 14.4. The van der Waals surface area contributed by atoms with E-state index in [1.807, 2.05) is 0 Å². The van der Waals surface area contributed by atoms with Crippen molar-refractivity contribution in [2.24, 2.45) is 17.6 Å². The van der Waals surface area contributed by atoms with E-state index in [0.29, 0.717) is 42.5 Å². The standard InChI is InChI=1S/C21H23F7N2O/c22-19(20(23,24)25,21(26,27)28)11-2-4-14-10(7-11)1-3-16-15(14)5-6-17(16)18(31)30-13-8-12(29)9-13/h2,4,7,12-13,15-17H,1,3,5-6,8-9,29H2,(H,30,31)/t12?,13?,15-,16+,17+/m0/s1. The van der Waals surface area contributed by atoms with E-state index >= 15 is 0 Å². The lowest BCUT2D eigenvalue weighted by Crippen LogP contribution is -2.52. The van der Waals surface area contributed by atoms with E-state index in [2.05, 4.69) is 5.32 Å². The maximum Gasteiger partial charge on any atom is 0.435 e. The number of benzene rings is 1. The number of carbonyl (C=O) groups is 1. The lowest BCUT2D eigenvalue weighted by atomic mass is 9.73. The van der Waals surface area contributed by atoms with Gasteiger partial charge >= 0.3 is 18.0 Å². The Kier molecular flexibility index (Phi) is 5.30. The normalized spacial score (nSPS) is 30.9. The summed E-state index contributed by atoms with van der Waals surface area (Å²) in [5.74, 6) is -0.489. The Balaban J connectivity index is 1.56. The molecule has 2 fully saturated rings. The van der Waals surface area contributed by atoms with Crippen molar-refractivity contribution in [2.45, 2.75) is 74.5 Å². The fourth-order valence-electron chi connectivity index (χ4n) is 5.48. The van der Waals surface area contributed by atoms with Crippen LogP contribution in [-0.2, 0) is 16.9 Å². The molecule has 4 rings (SSSR count). The zero-order valence-corrected chi connectivity index (χ0v) is 16.5. The molecule has 172 valence electrons. The second kappa shape index (κ2) is 7.35. The summed E-state index contributed by atoms with van der Waals surface area (Å²) in [5, 5.41) is 2.99. The average molecular weight is 452 g/mol. The van der Waals surface area contributed by atoms with Crippen molar-refractivity contribution in [3.05, 3.63) is 34.9 Å². The zero-order valence-electron chi connectivity index (χ0n) is 16.5. The van der Waals surface area contributed by atoms with Crippen LogP contribution in [0.15, 0.2) is 18.2 Å². The van der Waals surface area contributed by atoms with Crippen LogP contribution in [0.25, 0.3) is 0 Å². The van der Waals surface area contributed by atoms with Crippen molar-refractivity contribution in [3.63, 3.8) is 0 Å². The number of alkyl halides is 7. The minimum absolute atomic E-state index is 0.0348. The molecule has 0 spiro atoms. The zero-order chi connectivity index (χ0) is 22.8. The number of nitrogens with one attached hydrogen (secondary N) is 1. The highest BCUT2D eigenvalue weighted by Gasteiger charge is 2.73. The summed E-state index contributed by atoms with van der Waals surface area (Å²) in [7, 11) is 0. The number of hydrogen-bond donors (Lipinski definition) is 2. The van der Waals surface area contributed by atoms with E-state index in [9.17, 15) is 35.5 Å². The molecule has 0 heterocycles. The summed E-state index contributed by atoms with van der Waals surface area (Å²) in [5.41, 5.74) is -0.224. The minimum Gasteiger partial charge on any atom is -0.353 e. The number of fused-ring (bicyclic) bond motifs is 3. The van der Waals surface area contributed by atoms with Gasteiger partial charge in [-0.05, 0) is 61.5 Å². The summed E-state index contributed by atoms with van der Waals surface area (Å²) >= 11 is 0. The van der Waals surface area contributed by atoms with E-state index < -0.39 is 23.6 Å². The van der Waals surface area contributed by atoms with Gasteiger partial charge in [0.15, 0.2) is 0 Å². The molecular weight excluding hydrogens is 429 g/mol. The van der Waals surface area contributed by atoms with Crippen molar-refractivity contribution < 1.29 is 35.5 Å². The van der Waals surface area contributed by atoms with Crippen LogP contribution in [0.5, 0.6) is 0 Å². The maximum atomic E-state index is 14.4. The van der Waals surface area contributed by atoms with Crippen molar-refractivity contribution in [2.75, 3.05) is 0 Å². The van der Waals surface area contributed by atoms with Gasteiger partial charge in [0.2, 0.25) is 5.91 Å². The van der Waals surface area contributed by atoms with Crippen LogP contribution >= 0.6 is 0 Å². The van der Waals surface area contributed by atoms with Gasteiger partial charge in [0.25, 0.3) is 0 Å². The van der Waals surface area contributed by atoms with Crippen LogP contribution < -0.4 is 11.1 Å². The SMILES string of the molecule is NC1CC(NC(=O)[C@@H]2CC[C@H]3c4ccc(C(F)(C(F)(F)F)C(F)(F)F)cc4CC[C@@H]23)C1. The fraction of sp³-hybridized carbons (Fsp3) is 0.667. The second-order valence-electron chi connectivity index (χ2n) is 9.00. The van der Waals surface area contributed by atoms with E-state index in [1.165, 1.54) is 6.07 Å². The number of aryl methyl sites for hydroxylation is 1. The molecule has 0 radical (unpaired) electrons. The Bertz CT molecular complexity index is 846. The highest BCUT2D eigenvalue weighted by Crippen LogP contribution is 2.55. The van der Waals surface area contributed by atoms with E-state index in [0.717, 1.165) is 12.8 Å². The predicted octanol–water partition coefficient (Wildman–Crippen LogP) is 4.64. The molecule has 0 aliphatic heterocycles. The molecule has 3 atom stereocenters. The molecule has 0 bridgehead atoms. The van der Waals surface area contributed by atoms with Crippen LogP contribution in [0, 0.1) is 11.8 Å². The molecule has 0 saturated heterocycles. The molecule has 31 heavy (non-hydrogen) atoms. The van der Waals surface area contributed by atoms with Crippen LogP contribution in [0.3, 0.4) is 0 Å². The molecule has 0 unspecified atom stereocenters. The summed E-state index contributed by atoms with van der Waals surface area (Å²) in [6, 6.07) is 2.62. The average Bonchev–Trinajstić information content (AvgIpc) is 3.08. The summed E-state index contributed by atoms with van der Waals surface area (Å²) in [6.07, 6.45) is -8.94. The Labute approximate surface area is 174 Å². The van der Waals surface area contributed by atoms with Gasteiger partial charge in [0.1, 0.15) is 0 Å². The van der Waals surface area contributed by atoms with E-state index in [-0.39, 0.29) is 42.2 Å². The number of amides is 1. The summed E-state index contributed by atoms with van der Waals surface area (Å²) in [4.78, 5) is 12.7. The Morgan fingerprint density at radius 1 is 0.968 bits per heavy atom. The van der Waals surface area contributed by atoms with Crippen LogP contribution in [-0.4, -0.2) is 30.3 Å². The summed E-state index contributed by atoms with van der Waals surface area (Å²) in [6.45, 7) is 0. The molecule has 3 aliphatic rings. The lowest BCUT2D eigenvalue weighted by molar-refractivity contribution is -0.348. The second-order valence-corrected chi connectivity index (χ2v) is 9.00. The van der Waals surface area contributed by atoms with Gasteiger partial charge < -0.3 is 11.1 Å². The number of rotatable bonds is 3. The third-order valence-electron chi connectivity index (χ3n) is 7.15. The lowest BCUT2D eigenvalue weighted by Gasteiger charge is -2.36. The predicted molar refractivity (Wildman–Crippen MR) is 97.8 cm³/mol. The van der Waals surface area contributed by atoms with Gasteiger partial charge in [-0.25, -0.2) is 4.39 Å². The molecule has 10 heteroatoms. The van der Waals surface area contributed by atoms with Gasteiger partial charge in [-0.3, -0.25) is 4.79 Å². The Morgan fingerprint density at radius 3 is 2.19 bits per heavy atom. The third-order valence-corrected chi connectivity index (χ3v) is 7.15. The number of nitrogens with two attached hydrogens (primary N) is 1. The smallest absolute Gasteiger partial charge is 0.353 e. The Morgan fingerprint density at radius 2 is 1.61 bits per heavy atom. The van der Waals surface area contributed by atoms with Gasteiger partial charge in [-0.15, -0.1) is 0 Å².